The fourth-order valence-electron chi connectivity index (χ4n) is 0. The van der Waals surface area contributed by atoms with E-state index >= 15 is 0 Å². The summed E-state index contributed by atoms with van der Waals surface area (Å²) in [4.78, 5) is 0. The third kappa shape index (κ3) is 35.2. The molecule has 3 N–H and O–H groups in total. The van der Waals surface area contributed by atoms with Crippen LogP contribution in [0.1, 0.15) is 0 Å². The molecule has 1 radical (unpaired) electrons. The molecule has 0 atom stereocenters. The standard InChI is InChI=1S/CH4N2.W.Y/c2-1-3;;/h1H,(H3,2,3);;. The molecule has 0 aliphatic heterocycles. The second-order valence-corrected chi connectivity index (χ2v) is 0.167. The number of nitrogens with one attached hydrogen (secondary N) is 1. The van der Waals surface area contributed by atoms with Crippen LogP contribution in [0.25, 0.3) is 0 Å². The molecule has 0 aliphatic rings. The molecule has 0 spiro atoms. The molecule has 0 saturated heterocycles. The van der Waals surface area contributed by atoms with Gasteiger partial charge < -0.3 is 5.73 Å². The number of nitrogens with two attached hydrogens (primary N) is 1. The van der Waals surface area contributed by atoms with Gasteiger partial charge >= 0.3 is 0 Å². The second-order valence-electron chi connectivity index (χ2n) is 0.167. The quantitative estimate of drug-likeness (QED) is 0.461. The van der Waals surface area contributed by atoms with E-state index in [1.807, 2.05) is 0 Å². The van der Waals surface area contributed by atoms with Gasteiger partial charge in [-0.05, 0) is 0 Å². The van der Waals surface area contributed by atoms with Gasteiger partial charge in [-0.2, -0.15) is 0 Å². The first-order chi connectivity index (χ1) is 1.41. The molecule has 0 fully saturated rings. The SMILES string of the molecule is N=CN.[W].[Y]. The largest absolute Gasteiger partial charge is 0.390 e. The van der Waals surface area contributed by atoms with Gasteiger partial charge in [-0.25, -0.2) is 0 Å². The van der Waals surface area contributed by atoms with Crippen molar-refractivity contribution in [2.75, 3.05) is 0 Å². The summed E-state index contributed by atoms with van der Waals surface area (Å²) in [6, 6.07) is 0. The Labute approximate surface area is 70.5 Å². The predicted molar refractivity (Wildman–Crippen MR) is 13.0 cm³/mol. The van der Waals surface area contributed by atoms with Crippen molar-refractivity contribution in [3.63, 3.8) is 0 Å². The second kappa shape index (κ2) is 18.7. The van der Waals surface area contributed by atoms with Crippen molar-refractivity contribution in [2.45, 2.75) is 0 Å². The smallest absolute Gasteiger partial charge is 0.0765 e. The van der Waals surface area contributed by atoms with Gasteiger partial charge in [0.2, 0.25) is 0 Å². The Morgan fingerprint density at radius 2 is 1.60 bits per heavy atom. The monoisotopic (exact) mass is 317 g/mol. The molecule has 0 heterocycles. The number of hydrogen-bond donors (Lipinski definition) is 2. The maximum absolute atomic E-state index is 5.86. The van der Waals surface area contributed by atoms with E-state index in [-0.39, 0.29) is 53.8 Å². The first kappa shape index (κ1) is 16.3. The molecule has 0 bridgehead atoms. The number of hydrogen-bond acceptors (Lipinski definition) is 1. The van der Waals surface area contributed by atoms with E-state index in [4.69, 9.17) is 5.41 Å². The number of rotatable bonds is 0. The molecule has 4 heteroatoms. The zero-order valence-electron chi connectivity index (χ0n) is 2.64. The zero-order chi connectivity index (χ0) is 2.71. The van der Waals surface area contributed by atoms with Crippen molar-refractivity contribution in [2.24, 2.45) is 5.73 Å². The summed E-state index contributed by atoms with van der Waals surface area (Å²) in [5.41, 5.74) is 4.39. The molecule has 0 amide bonds. The minimum Gasteiger partial charge on any atom is -0.390 e. The molecule has 0 unspecified atom stereocenters. The fraction of sp³-hybridized carbons (Fsp3) is 0. The van der Waals surface area contributed by atoms with Gasteiger partial charge in [0.05, 0.1) is 6.34 Å². The van der Waals surface area contributed by atoms with Crippen LogP contribution in [-0.4, -0.2) is 6.34 Å². The van der Waals surface area contributed by atoms with Gasteiger partial charge in [0.25, 0.3) is 0 Å². The first-order valence-corrected chi connectivity index (χ1v) is 0.622. The molecular weight excluding hydrogens is 313 g/mol. The summed E-state index contributed by atoms with van der Waals surface area (Å²) in [6.07, 6.45) is 0.750. The summed E-state index contributed by atoms with van der Waals surface area (Å²) >= 11 is 0. The van der Waals surface area contributed by atoms with Crippen LogP contribution in [-0.2, 0) is 53.8 Å². The maximum atomic E-state index is 5.86. The minimum absolute atomic E-state index is 0. The van der Waals surface area contributed by atoms with Crippen molar-refractivity contribution in [3.05, 3.63) is 0 Å². The van der Waals surface area contributed by atoms with Crippen molar-refractivity contribution in [3.8, 4) is 0 Å². The van der Waals surface area contributed by atoms with E-state index in [1.165, 1.54) is 0 Å². The minimum atomic E-state index is 0. The summed E-state index contributed by atoms with van der Waals surface area (Å²) in [5, 5.41) is 5.86. The van der Waals surface area contributed by atoms with E-state index in [9.17, 15) is 0 Å². The van der Waals surface area contributed by atoms with E-state index < -0.39 is 0 Å². The Bertz CT molecular complexity index is 17.1. The van der Waals surface area contributed by atoms with E-state index in [2.05, 4.69) is 5.73 Å². The Morgan fingerprint density at radius 1 is 1.60 bits per heavy atom. The summed E-state index contributed by atoms with van der Waals surface area (Å²) < 4.78 is 0. The topological polar surface area (TPSA) is 49.9 Å². The molecule has 0 aromatic carbocycles. The predicted octanol–water partition coefficient (Wildman–Crippen LogP) is -0.453. The summed E-state index contributed by atoms with van der Waals surface area (Å²) in [6.45, 7) is 0. The Hall–Kier alpha value is 1.26. The van der Waals surface area contributed by atoms with Gasteiger partial charge in [0.15, 0.2) is 0 Å². The van der Waals surface area contributed by atoms with E-state index in [1.54, 1.807) is 0 Å². The average molecular weight is 317 g/mol. The molecule has 0 aromatic heterocycles. The van der Waals surface area contributed by atoms with Crippen molar-refractivity contribution in [1.29, 1.82) is 5.41 Å². The van der Waals surface area contributed by atoms with Crippen LogP contribution >= 0.6 is 0 Å². The van der Waals surface area contributed by atoms with Gasteiger partial charge in [-0.3, -0.25) is 5.41 Å². The van der Waals surface area contributed by atoms with Crippen molar-refractivity contribution in [1.82, 2.24) is 0 Å². The van der Waals surface area contributed by atoms with E-state index in [0.717, 1.165) is 6.34 Å². The van der Waals surface area contributed by atoms with Gasteiger partial charge in [-0.15, -0.1) is 0 Å². The van der Waals surface area contributed by atoms with Gasteiger partial charge in [0.1, 0.15) is 0 Å². The Kier molecular flexibility index (Phi) is 60.9. The zero-order valence-corrected chi connectivity index (χ0v) is 8.41. The summed E-state index contributed by atoms with van der Waals surface area (Å²) in [7, 11) is 0. The van der Waals surface area contributed by atoms with Crippen LogP contribution in [0.2, 0.25) is 0 Å². The Morgan fingerprint density at radius 3 is 1.60 bits per heavy atom. The molecule has 0 rings (SSSR count). The molecule has 0 saturated carbocycles. The normalized spacial score (nSPS) is 2.40. The van der Waals surface area contributed by atoms with Crippen LogP contribution in [0.4, 0.5) is 0 Å². The summed E-state index contributed by atoms with van der Waals surface area (Å²) in [5.74, 6) is 0. The molecule has 5 heavy (non-hydrogen) atoms. The van der Waals surface area contributed by atoms with Crippen LogP contribution in [0, 0.1) is 5.41 Å². The molecule has 0 aromatic rings. The van der Waals surface area contributed by atoms with Crippen molar-refractivity contribution < 1.29 is 53.8 Å². The van der Waals surface area contributed by atoms with E-state index in [0.29, 0.717) is 0 Å². The van der Waals surface area contributed by atoms with Crippen molar-refractivity contribution >= 4 is 6.34 Å². The molecule has 27 valence electrons. The molecule has 0 aliphatic carbocycles. The van der Waals surface area contributed by atoms with Crippen LogP contribution in [0.3, 0.4) is 0 Å². The molecular formula is CH4N2WY. The van der Waals surface area contributed by atoms with Gasteiger partial charge in [0, 0.05) is 53.8 Å². The fourth-order valence-corrected chi connectivity index (χ4v) is 0. The van der Waals surface area contributed by atoms with Crippen LogP contribution in [0.15, 0.2) is 0 Å². The third-order valence-corrected chi connectivity index (χ3v) is 0. The third-order valence-electron chi connectivity index (χ3n) is 0. The van der Waals surface area contributed by atoms with Gasteiger partial charge in [-0.1, -0.05) is 0 Å². The average Bonchev–Trinajstić information content (AvgIpc) is 0.918. The first-order valence-electron chi connectivity index (χ1n) is 0.622. The molecule has 2 nitrogen and oxygen atoms in total. The van der Waals surface area contributed by atoms with Crippen LogP contribution in [0.5, 0.6) is 0 Å². The van der Waals surface area contributed by atoms with Crippen LogP contribution < -0.4 is 5.73 Å². The Balaban J connectivity index is -0.0000000200. The maximum Gasteiger partial charge on any atom is 0.0765 e.